The SMILES string of the molecule is Cc1cc(-c2ccn3nc(N)cc3c2)c(OCC(O)(C(F)(F)F)C(F)(F)F)cn1. The molecule has 3 aromatic rings. The molecule has 0 aliphatic carbocycles. The van der Waals surface area contributed by atoms with Gasteiger partial charge in [0.05, 0.1) is 11.7 Å². The zero-order valence-corrected chi connectivity index (χ0v) is 14.7. The molecule has 3 rings (SSSR count). The molecule has 0 unspecified atom stereocenters. The first kappa shape index (κ1) is 20.7. The van der Waals surface area contributed by atoms with E-state index >= 15 is 0 Å². The van der Waals surface area contributed by atoms with Crippen molar-refractivity contribution >= 4 is 11.3 Å². The summed E-state index contributed by atoms with van der Waals surface area (Å²) in [7, 11) is 0. The van der Waals surface area contributed by atoms with E-state index in [1.807, 2.05) is 0 Å². The molecule has 3 aromatic heterocycles. The summed E-state index contributed by atoms with van der Waals surface area (Å²) in [6.07, 6.45) is -9.47. The molecule has 0 bridgehead atoms. The van der Waals surface area contributed by atoms with E-state index in [9.17, 15) is 31.4 Å². The summed E-state index contributed by atoms with van der Waals surface area (Å²) < 4.78 is 83.5. The van der Waals surface area contributed by atoms with E-state index in [1.165, 1.54) is 28.9 Å². The van der Waals surface area contributed by atoms with E-state index in [0.29, 0.717) is 16.8 Å². The second-order valence-corrected chi connectivity index (χ2v) is 6.32. The van der Waals surface area contributed by atoms with Gasteiger partial charge in [0.15, 0.2) is 0 Å². The number of aliphatic hydroxyl groups is 1. The Balaban J connectivity index is 2.00. The van der Waals surface area contributed by atoms with Gasteiger partial charge in [-0.15, -0.1) is 0 Å². The molecule has 0 amide bonds. The molecule has 0 atom stereocenters. The smallest absolute Gasteiger partial charge is 0.429 e. The van der Waals surface area contributed by atoms with Crippen LogP contribution in [0.15, 0.2) is 36.7 Å². The highest BCUT2D eigenvalue weighted by Gasteiger charge is 2.71. The fraction of sp³-hybridized carbons (Fsp3) is 0.294. The van der Waals surface area contributed by atoms with Crippen LogP contribution in [0.4, 0.5) is 32.2 Å². The molecule has 0 saturated carbocycles. The average molecular weight is 420 g/mol. The highest BCUT2D eigenvalue weighted by Crippen LogP contribution is 2.44. The minimum Gasteiger partial charge on any atom is -0.488 e. The van der Waals surface area contributed by atoms with Gasteiger partial charge in [0.1, 0.15) is 18.2 Å². The summed E-state index contributed by atoms with van der Waals surface area (Å²) in [5.74, 6) is -0.135. The van der Waals surface area contributed by atoms with Gasteiger partial charge in [0.25, 0.3) is 5.60 Å². The van der Waals surface area contributed by atoms with Gasteiger partial charge < -0.3 is 15.6 Å². The first-order valence-corrected chi connectivity index (χ1v) is 8.02. The van der Waals surface area contributed by atoms with Crippen LogP contribution in [0.1, 0.15) is 5.69 Å². The molecule has 29 heavy (non-hydrogen) atoms. The van der Waals surface area contributed by atoms with Crippen molar-refractivity contribution in [3.63, 3.8) is 0 Å². The summed E-state index contributed by atoms with van der Waals surface area (Å²) in [5, 5.41) is 13.3. The van der Waals surface area contributed by atoms with Gasteiger partial charge >= 0.3 is 12.4 Å². The van der Waals surface area contributed by atoms with Crippen molar-refractivity contribution in [1.82, 2.24) is 14.6 Å². The Morgan fingerprint density at radius 1 is 1.10 bits per heavy atom. The second kappa shape index (κ2) is 6.79. The lowest BCUT2D eigenvalue weighted by molar-refractivity contribution is -0.373. The number of fused-ring (bicyclic) bond motifs is 1. The van der Waals surface area contributed by atoms with Crippen molar-refractivity contribution in [3.05, 3.63) is 42.4 Å². The molecule has 3 N–H and O–H groups in total. The molecular weight excluding hydrogens is 406 g/mol. The van der Waals surface area contributed by atoms with Crippen LogP contribution < -0.4 is 10.5 Å². The molecule has 3 heterocycles. The maximum Gasteiger partial charge on any atom is 0.429 e. The Labute approximate surface area is 159 Å². The minimum atomic E-state index is -5.99. The van der Waals surface area contributed by atoms with Gasteiger partial charge in [-0.25, -0.2) is 4.52 Å². The van der Waals surface area contributed by atoms with E-state index in [0.717, 1.165) is 6.20 Å². The molecule has 0 aliphatic heterocycles. The molecule has 0 aliphatic rings. The van der Waals surface area contributed by atoms with E-state index in [4.69, 9.17) is 10.5 Å². The first-order valence-electron chi connectivity index (χ1n) is 8.02. The molecular formula is C17H14F6N4O2. The molecule has 0 radical (unpaired) electrons. The minimum absolute atomic E-state index is 0.187. The molecule has 12 heteroatoms. The third-order valence-electron chi connectivity index (χ3n) is 4.17. The standard InChI is InChI=1S/C17H14F6N4O2/c1-9-4-12(10-2-3-27-11(5-10)6-14(24)26-27)13(7-25-9)29-8-15(28,16(18,19)20)17(21,22)23/h2-7,28H,8H2,1H3,(H2,24,26). The number of rotatable bonds is 4. The Kier molecular flexibility index (Phi) is 4.85. The van der Waals surface area contributed by atoms with Gasteiger partial charge in [-0.1, -0.05) is 0 Å². The Bertz CT molecular complexity index is 1030. The van der Waals surface area contributed by atoms with Crippen LogP contribution in [0.5, 0.6) is 5.75 Å². The number of aryl methyl sites for hydroxylation is 1. The molecule has 0 aromatic carbocycles. The highest BCUT2D eigenvalue weighted by atomic mass is 19.4. The summed E-state index contributed by atoms with van der Waals surface area (Å²) in [5.41, 5.74) is 2.16. The van der Waals surface area contributed by atoms with E-state index in [-0.39, 0.29) is 17.1 Å². The fourth-order valence-corrected chi connectivity index (χ4v) is 2.58. The predicted octanol–water partition coefficient (Wildman–Crippen LogP) is 3.52. The average Bonchev–Trinajstić information content (AvgIpc) is 2.97. The number of nitrogen functional groups attached to an aromatic ring is 1. The fourth-order valence-electron chi connectivity index (χ4n) is 2.58. The summed E-state index contributed by atoms with van der Waals surface area (Å²) in [4.78, 5) is 3.85. The van der Waals surface area contributed by atoms with E-state index in [2.05, 4.69) is 10.1 Å². The number of hydrogen-bond donors (Lipinski definition) is 2. The van der Waals surface area contributed by atoms with Crippen molar-refractivity contribution < 1.29 is 36.2 Å². The topological polar surface area (TPSA) is 85.7 Å². The van der Waals surface area contributed by atoms with Crippen LogP contribution in [-0.4, -0.2) is 44.3 Å². The molecule has 0 fully saturated rings. The molecule has 0 spiro atoms. The van der Waals surface area contributed by atoms with Gasteiger partial charge in [0.2, 0.25) is 0 Å². The maximum absolute atomic E-state index is 12.9. The normalized spacial score (nSPS) is 13.1. The van der Waals surface area contributed by atoms with Crippen molar-refractivity contribution in [2.75, 3.05) is 12.3 Å². The summed E-state index contributed by atoms with van der Waals surface area (Å²) in [6, 6.07) is 6.07. The quantitative estimate of drug-likeness (QED) is 0.631. The lowest BCUT2D eigenvalue weighted by Crippen LogP contribution is -2.60. The number of pyridine rings is 2. The molecule has 6 nitrogen and oxygen atoms in total. The van der Waals surface area contributed by atoms with Crippen LogP contribution >= 0.6 is 0 Å². The number of alkyl halides is 6. The Morgan fingerprint density at radius 3 is 2.38 bits per heavy atom. The number of ether oxygens (including phenoxy) is 1. The molecule has 0 saturated heterocycles. The van der Waals surface area contributed by atoms with E-state index < -0.39 is 24.6 Å². The largest absolute Gasteiger partial charge is 0.488 e. The monoisotopic (exact) mass is 420 g/mol. The van der Waals surface area contributed by atoms with Crippen LogP contribution in [0.3, 0.4) is 0 Å². The number of aromatic nitrogens is 3. The van der Waals surface area contributed by atoms with Crippen LogP contribution in [-0.2, 0) is 0 Å². The third kappa shape index (κ3) is 3.79. The van der Waals surface area contributed by atoms with Crippen molar-refractivity contribution in [3.8, 4) is 16.9 Å². The zero-order valence-electron chi connectivity index (χ0n) is 14.7. The summed E-state index contributed by atoms with van der Waals surface area (Å²) in [6.45, 7) is -0.496. The first-order chi connectivity index (χ1) is 13.3. The number of nitrogens with zero attached hydrogens (tertiary/aromatic N) is 3. The van der Waals surface area contributed by atoms with Gasteiger partial charge in [0, 0.05) is 23.5 Å². The Morgan fingerprint density at radius 2 is 1.76 bits per heavy atom. The second-order valence-electron chi connectivity index (χ2n) is 6.32. The van der Waals surface area contributed by atoms with Crippen LogP contribution in [0, 0.1) is 6.92 Å². The number of hydrogen-bond acceptors (Lipinski definition) is 5. The maximum atomic E-state index is 12.9. The van der Waals surface area contributed by atoms with Crippen LogP contribution in [0.2, 0.25) is 0 Å². The van der Waals surface area contributed by atoms with Crippen molar-refractivity contribution in [2.24, 2.45) is 0 Å². The van der Waals surface area contributed by atoms with Crippen LogP contribution in [0.25, 0.3) is 16.6 Å². The Hall–Kier alpha value is -3.02. The molecule has 156 valence electrons. The number of nitrogens with two attached hydrogens (primary N) is 1. The lowest BCUT2D eigenvalue weighted by atomic mass is 10.0. The van der Waals surface area contributed by atoms with Gasteiger partial charge in [-0.3, -0.25) is 4.98 Å². The predicted molar refractivity (Wildman–Crippen MR) is 90.1 cm³/mol. The van der Waals surface area contributed by atoms with Crippen molar-refractivity contribution in [2.45, 2.75) is 24.9 Å². The van der Waals surface area contributed by atoms with Gasteiger partial charge in [-0.2, -0.15) is 31.4 Å². The van der Waals surface area contributed by atoms with Gasteiger partial charge in [-0.05, 0) is 30.7 Å². The van der Waals surface area contributed by atoms with E-state index in [1.54, 1.807) is 13.0 Å². The summed E-state index contributed by atoms with van der Waals surface area (Å²) >= 11 is 0. The number of anilines is 1. The third-order valence-corrected chi connectivity index (χ3v) is 4.17. The lowest BCUT2D eigenvalue weighted by Gasteiger charge is -2.32. The number of halogens is 6. The zero-order chi connectivity index (χ0) is 21.6. The highest BCUT2D eigenvalue weighted by molar-refractivity contribution is 5.74. The van der Waals surface area contributed by atoms with Crippen molar-refractivity contribution in [1.29, 1.82) is 0 Å².